The number of carbonyl (C=O) groups is 3. The van der Waals surface area contributed by atoms with Gasteiger partial charge < -0.3 is 29.4 Å². The van der Waals surface area contributed by atoms with Gasteiger partial charge in [-0.25, -0.2) is 0 Å². The maximum absolute atomic E-state index is 13.8. The average molecular weight is 534 g/mol. The molecule has 9 nitrogen and oxygen atoms in total. The lowest BCUT2D eigenvalue weighted by Crippen LogP contribution is -2.50. The smallest absolute Gasteiger partial charge is 0.287 e. The lowest BCUT2D eigenvalue weighted by Gasteiger charge is -2.34. The van der Waals surface area contributed by atoms with E-state index in [4.69, 9.17) is 13.9 Å². The molecule has 0 spiro atoms. The number of rotatable bonds is 9. The SMILES string of the molecule is CC(C)c1ccc([C@@H](C(=O)NC(C)(C)C)N(Cc2ccc3c(c2)OCO3)C(=O)CNC(=O)c2ccco2)cc1. The van der Waals surface area contributed by atoms with Gasteiger partial charge in [0.2, 0.25) is 18.6 Å². The van der Waals surface area contributed by atoms with E-state index in [1.165, 1.54) is 17.2 Å². The molecule has 0 unspecified atom stereocenters. The predicted molar refractivity (Wildman–Crippen MR) is 145 cm³/mol. The molecule has 3 amide bonds. The molecule has 9 heteroatoms. The normalized spacial score (nSPS) is 13.2. The van der Waals surface area contributed by atoms with Crippen molar-refractivity contribution in [1.29, 1.82) is 0 Å². The largest absolute Gasteiger partial charge is 0.459 e. The van der Waals surface area contributed by atoms with E-state index in [0.29, 0.717) is 23.0 Å². The van der Waals surface area contributed by atoms with Crippen LogP contribution in [-0.4, -0.2) is 41.5 Å². The van der Waals surface area contributed by atoms with Crippen LogP contribution in [0, 0.1) is 0 Å². The molecule has 3 aromatic rings. The van der Waals surface area contributed by atoms with Crippen LogP contribution in [0.4, 0.5) is 0 Å². The Morgan fingerprint density at radius 3 is 2.28 bits per heavy atom. The van der Waals surface area contributed by atoms with Crippen molar-refractivity contribution in [3.8, 4) is 11.5 Å². The quantitative estimate of drug-likeness (QED) is 0.418. The van der Waals surface area contributed by atoms with Gasteiger partial charge in [-0.05, 0) is 67.6 Å². The first-order valence-electron chi connectivity index (χ1n) is 12.9. The van der Waals surface area contributed by atoms with Gasteiger partial charge in [-0.1, -0.05) is 44.2 Å². The predicted octanol–water partition coefficient (Wildman–Crippen LogP) is 4.55. The summed E-state index contributed by atoms with van der Waals surface area (Å²) in [6, 6.07) is 15.3. The monoisotopic (exact) mass is 533 g/mol. The van der Waals surface area contributed by atoms with Crippen LogP contribution in [0.2, 0.25) is 0 Å². The molecule has 4 rings (SSSR count). The number of furan rings is 1. The van der Waals surface area contributed by atoms with Crippen molar-refractivity contribution in [2.75, 3.05) is 13.3 Å². The summed E-state index contributed by atoms with van der Waals surface area (Å²) < 4.78 is 16.1. The van der Waals surface area contributed by atoms with E-state index in [9.17, 15) is 14.4 Å². The maximum Gasteiger partial charge on any atom is 0.287 e. The molecule has 0 aliphatic carbocycles. The molecule has 1 atom stereocenters. The number of amides is 3. The van der Waals surface area contributed by atoms with Gasteiger partial charge in [0.05, 0.1) is 12.8 Å². The van der Waals surface area contributed by atoms with Crippen LogP contribution in [0.1, 0.15) is 73.8 Å². The van der Waals surface area contributed by atoms with Crippen molar-refractivity contribution >= 4 is 17.7 Å². The zero-order valence-electron chi connectivity index (χ0n) is 22.9. The lowest BCUT2D eigenvalue weighted by molar-refractivity contribution is -0.141. The molecule has 0 fully saturated rings. The summed E-state index contributed by atoms with van der Waals surface area (Å²) in [6.45, 7) is 9.74. The standard InChI is InChI=1S/C30H35N3O6/c1-19(2)21-9-11-22(12-10-21)27(29(36)32-30(3,4)5)33(17-20-8-13-23-25(15-20)39-18-38-23)26(34)16-31-28(35)24-7-6-14-37-24/h6-15,19,27H,16-18H2,1-5H3,(H,31,35)(H,32,36)/t27-/m0/s1. The third-order valence-corrected chi connectivity index (χ3v) is 6.23. The van der Waals surface area contributed by atoms with E-state index >= 15 is 0 Å². The number of benzene rings is 2. The van der Waals surface area contributed by atoms with E-state index in [0.717, 1.165) is 11.1 Å². The highest BCUT2D eigenvalue weighted by Gasteiger charge is 2.34. The van der Waals surface area contributed by atoms with Crippen LogP contribution in [0.15, 0.2) is 65.3 Å². The van der Waals surface area contributed by atoms with Crippen LogP contribution >= 0.6 is 0 Å². The summed E-state index contributed by atoms with van der Waals surface area (Å²) in [7, 11) is 0. The molecular formula is C30H35N3O6. The molecule has 1 aliphatic heterocycles. The van der Waals surface area contributed by atoms with Crippen LogP contribution in [0.5, 0.6) is 11.5 Å². The number of nitrogens with one attached hydrogen (secondary N) is 2. The molecule has 206 valence electrons. The Labute approximate surface area is 228 Å². The van der Waals surface area contributed by atoms with Gasteiger partial charge >= 0.3 is 0 Å². The second-order valence-electron chi connectivity index (χ2n) is 10.8. The second kappa shape index (κ2) is 11.6. The number of ether oxygens (including phenoxy) is 2. The highest BCUT2D eigenvalue weighted by Crippen LogP contribution is 2.34. The zero-order valence-corrected chi connectivity index (χ0v) is 22.9. The van der Waals surface area contributed by atoms with Crippen molar-refractivity contribution in [2.24, 2.45) is 0 Å². The summed E-state index contributed by atoms with van der Waals surface area (Å²) in [5, 5.41) is 5.64. The first kappa shape index (κ1) is 27.8. The van der Waals surface area contributed by atoms with Gasteiger partial charge in [0.1, 0.15) is 6.04 Å². The molecule has 1 aliphatic rings. The van der Waals surface area contributed by atoms with E-state index in [2.05, 4.69) is 24.5 Å². The first-order valence-corrected chi connectivity index (χ1v) is 12.9. The van der Waals surface area contributed by atoms with E-state index < -0.39 is 23.4 Å². The van der Waals surface area contributed by atoms with E-state index in [1.54, 1.807) is 18.2 Å². The average Bonchev–Trinajstić information content (AvgIpc) is 3.58. The second-order valence-corrected chi connectivity index (χ2v) is 10.8. The van der Waals surface area contributed by atoms with Crippen molar-refractivity contribution in [1.82, 2.24) is 15.5 Å². The number of carbonyl (C=O) groups excluding carboxylic acids is 3. The third-order valence-electron chi connectivity index (χ3n) is 6.23. The van der Waals surface area contributed by atoms with E-state index in [1.807, 2.05) is 51.1 Å². The summed E-state index contributed by atoms with van der Waals surface area (Å²) in [5.74, 6) is 0.311. The Bertz CT molecular complexity index is 1310. The van der Waals surface area contributed by atoms with Gasteiger partial charge in [0, 0.05) is 12.1 Å². The molecular weight excluding hydrogens is 498 g/mol. The minimum absolute atomic E-state index is 0.0939. The summed E-state index contributed by atoms with van der Waals surface area (Å²) in [5.41, 5.74) is 1.99. The fraction of sp³-hybridized carbons (Fsp3) is 0.367. The summed E-state index contributed by atoms with van der Waals surface area (Å²) >= 11 is 0. The number of hydrogen-bond donors (Lipinski definition) is 2. The fourth-order valence-electron chi connectivity index (χ4n) is 4.29. The topological polar surface area (TPSA) is 110 Å². The maximum atomic E-state index is 13.8. The molecule has 0 saturated carbocycles. The Balaban J connectivity index is 1.69. The van der Waals surface area contributed by atoms with Crippen LogP contribution in [0.25, 0.3) is 0 Å². The lowest BCUT2D eigenvalue weighted by atomic mass is 9.96. The molecule has 0 radical (unpaired) electrons. The van der Waals surface area contributed by atoms with Gasteiger partial charge in [-0.3, -0.25) is 14.4 Å². The van der Waals surface area contributed by atoms with Crippen molar-refractivity contribution in [3.05, 3.63) is 83.3 Å². The first-order chi connectivity index (χ1) is 18.5. The van der Waals surface area contributed by atoms with Crippen LogP contribution < -0.4 is 20.1 Å². The minimum Gasteiger partial charge on any atom is -0.459 e. The molecule has 39 heavy (non-hydrogen) atoms. The Morgan fingerprint density at radius 2 is 1.64 bits per heavy atom. The highest BCUT2D eigenvalue weighted by molar-refractivity contribution is 5.95. The van der Waals surface area contributed by atoms with Crippen molar-refractivity contribution in [3.63, 3.8) is 0 Å². The van der Waals surface area contributed by atoms with Gasteiger partial charge in [0.25, 0.3) is 5.91 Å². The van der Waals surface area contributed by atoms with Gasteiger partial charge in [-0.15, -0.1) is 0 Å². The molecule has 0 saturated heterocycles. The number of hydrogen-bond acceptors (Lipinski definition) is 6. The van der Waals surface area contributed by atoms with Crippen molar-refractivity contribution < 1.29 is 28.3 Å². The third kappa shape index (κ3) is 6.98. The Hall–Kier alpha value is -4.27. The van der Waals surface area contributed by atoms with E-state index in [-0.39, 0.29) is 31.5 Å². The van der Waals surface area contributed by atoms with Gasteiger partial charge in [-0.2, -0.15) is 0 Å². The Morgan fingerprint density at radius 1 is 0.949 bits per heavy atom. The number of nitrogens with zero attached hydrogens (tertiary/aromatic N) is 1. The van der Waals surface area contributed by atoms with Crippen LogP contribution in [0.3, 0.4) is 0 Å². The summed E-state index contributed by atoms with van der Waals surface area (Å²) in [4.78, 5) is 41.5. The highest BCUT2D eigenvalue weighted by atomic mass is 16.7. The zero-order chi connectivity index (χ0) is 28.2. The molecule has 2 heterocycles. The molecule has 1 aromatic heterocycles. The van der Waals surface area contributed by atoms with Crippen LogP contribution in [-0.2, 0) is 16.1 Å². The van der Waals surface area contributed by atoms with Gasteiger partial charge in [0.15, 0.2) is 17.3 Å². The Kier molecular flexibility index (Phi) is 8.28. The van der Waals surface area contributed by atoms with Crippen molar-refractivity contribution in [2.45, 2.75) is 58.7 Å². The molecule has 2 aromatic carbocycles. The summed E-state index contributed by atoms with van der Waals surface area (Å²) in [6.07, 6.45) is 1.39. The molecule has 0 bridgehead atoms. The number of fused-ring (bicyclic) bond motifs is 1. The fourth-order valence-corrected chi connectivity index (χ4v) is 4.29. The minimum atomic E-state index is -0.955. The molecule has 2 N–H and O–H groups in total.